The number of nitrogens with one attached hydrogen (secondary N) is 1. The molecule has 20 heavy (non-hydrogen) atoms. The molecule has 3 rings (SSSR count). The van der Waals surface area contributed by atoms with E-state index in [1.54, 1.807) is 0 Å². The molecular formula is C10H10BrFN4O4. The van der Waals surface area contributed by atoms with Crippen molar-refractivity contribution in [2.24, 2.45) is 0 Å². The van der Waals surface area contributed by atoms with Crippen molar-refractivity contribution < 1.29 is 19.3 Å². The van der Waals surface area contributed by atoms with Gasteiger partial charge in [0.1, 0.15) is 22.2 Å². The predicted molar refractivity (Wildman–Crippen MR) is 67.7 cm³/mol. The summed E-state index contributed by atoms with van der Waals surface area (Å²) in [6.45, 7) is -0.566. The van der Waals surface area contributed by atoms with Crippen molar-refractivity contribution >= 4 is 27.0 Å². The largest absolute Gasteiger partial charge is 0.394 e. The minimum Gasteiger partial charge on any atom is -0.394 e. The topological polar surface area (TPSA) is 113 Å². The lowest BCUT2D eigenvalue weighted by Crippen LogP contribution is -2.29. The van der Waals surface area contributed by atoms with Crippen LogP contribution in [0.3, 0.4) is 0 Å². The molecule has 1 fully saturated rings. The summed E-state index contributed by atoms with van der Waals surface area (Å²) in [5.41, 5.74) is -0.272. The van der Waals surface area contributed by atoms with Crippen molar-refractivity contribution in [1.82, 2.24) is 19.7 Å². The second kappa shape index (κ2) is 4.88. The van der Waals surface area contributed by atoms with Gasteiger partial charge in [0, 0.05) is 0 Å². The maximum absolute atomic E-state index is 13.7. The van der Waals surface area contributed by atoms with Gasteiger partial charge in [-0.3, -0.25) is 4.79 Å². The maximum atomic E-state index is 13.7. The van der Waals surface area contributed by atoms with Gasteiger partial charge in [-0.05, 0) is 15.9 Å². The molecule has 3 N–H and O–H groups in total. The fourth-order valence-electron chi connectivity index (χ4n) is 2.18. The summed E-state index contributed by atoms with van der Waals surface area (Å²) in [6, 6.07) is 0. The van der Waals surface area contributed by atoms with Gasteiger partial charge in [0.25, 0.3) is 5.56 Å². The first-order valence-corrected chi connectivity index (χ1v) is 6.53. The number of rotatable bonds is 2. The third kappa shape index (κ3) is 1.87. The Kier molecular flexibility index (Phi) is 3.32. The molecule has 0 spiro atoms. The Labute approximate surface area is 119 Å². The van der Waals surface area contributed by atoms with Gasteiger partial charge in [-0.25, -0.2) is 14.1 Å². The van der Waals surface area contributed by atoms with Gasteiger partial charge in [0.05, 0.1) is 12.9 Å². The summed E-state index contributed by atoms with van der Waals surface area (Å²) in [5, 5.41) is 23.0. The number of hydrogen-bond donors (Lipinski definition) is 3. The zero-order valence-electron chi connectivity index (χ0n) is 9.90. The van der Waals surface area contributed by atoms with Gasteiger partial charge in [-0.2, -0.15) is 5.10 Å². The van der Waals surface area contributed by atoms with Crippen LogP contribution >= 0.6 is 15.9 Å². The molecule has 10 heteroatoms. The van der Waals surface area contributed by atoms with E-state index in [1.807, 2.05) is 0 Å². The molecule has 8 nitrogen and oxygen atoms in total. The first kappa shape index (κ1) is 13.6. The van der Waals surface area contributed by atoms with Crippen LogP contribution in [0.1, 0.15) is 6.23 Å². The molecule has 0 bridgehead atoms. The molecule has 1 saturated heterocycles. The normalized spacial score (nSPS) is 30.2. The molecule has 1 aliphatic heterocycles. The summed E-state index contributed by atoms with van der Waals surface area (Å²) >= 11 is 3.11. The monoisotopic (exact) mass is 348 g/mol. The van der Waals surface area contributed by atoms with Gasteiger partial charge in [0.2, 0.25) is 0 Å². The van der Waals surface area contributed by atoms with Crippen molar-refractivity contribution in [1.29, 1.82) is 0 Å². The Morgan fingerprint density at radius 3 is 3.00 bits per heavy atom. The number of aliphatic hydroxyl groups is 2. The third-order valence-electron chi connectivity index (χ3n) is 3.16. The average Bonchev–Trinajstić information content (AvgIpc) is 2.90. The van der Waals surface area contributed by atoms with Crippen LogP contribution in [0, 0.1) is 0 Å². The summed E-state index contributed by atoms with van der Waals surface area (Å²) in [5.74, 6) is 0. The summed E-state index contributed by atoms with van der Waals surface area (Å²) in [4.78, 5) is 18.0. The van der Waals surface area contributed by atoms with E-state index in [4.69, 9.17) is 9.84 Å². The minimum absolute atomic E-state index is 0.149. The van der Waals surface area contributed by atoms with E-state index in [9.17, 15) is 14.3 Å². The number of halogens is 2. The van der Waals surface area contributed by atoms with Crippen molar-refractivity contribution in [2.45, 2.75) is 24.6 Å². The molecular weight excluding hydrogens is 339 g/mol. The lowest BCUT2D eigenvalue weighted by molar-refractivity contribution is -0.0556. The number of H-pyrrole nitrogens is 1. The van der Waals surface area contributed by atoms with Crippen LogP contribution in [0.15, 0.2) is 15.7 Å². The maximum Gasteiger partial charge on any atom is 0.263 e. The van der Waals surface area contributed by atoms with Crippen molar-refractivity contribution in [2.75, 3.05) is 6.61 Å². The minimum atomic E-state index is -1.75. The Balaban J connectivity index is 2.12. The number of ether oxygens (including phenoxy) is 1. The quantitative estimate of drug-likeness (QED) is 0.672. The molecule has 0 radical (unpaired) electrons. The fraction of sp³-hybridized carbons (Fsp3) is 0.500. The Bertz CT molecular complexity index is 704. The molecule has 0 amide bonds. The standard InChI is InChI=1S/C10H10BrFN4O4/c11-7-4-8(13-2-14-9(4)19)16(15-7)10-6(18)5(12)3(1-17)20-10/h2-3,5-6,10,17-18H,1H2,(H,13,14,19)/t3-,5-,6-,10-/m1/s1. The van der Waals surface area contributed by atoms with E-state index in [0.29, 0.717) is 0 Å². The Hall–Kier alpha value is -1.36. The zero-order chi connectivity index (χ0) is 14.4. The molecule has 0 aliphatic carbocycles. The van der Waals surface area contributed by atoms with Crippen LogP contribution < -0.4 is 5.56 Å². The summed E-state index contributed by atoms with van der Waals surface area (Å²) in [7, 11) is 0. The number of fused-ring (bicyclic) bond motifs is 1. The van der Waals surface area contributed by atoms with Gasteiger partial charge in [0.15, 0.2) is 18.0 Å². The second-order valence-electron chi connectivity index (χ2n) is 4.35. The predicted octanol–water partition coefficient (Wildman–Crippen LogP) is -0.529. The highest BCUT2D eigenvalue weighted by Crippen LogP contribution is 2.33. The van der Waals surface area contributed by atoms with Crippen LogP contribution in [0.4, 0.5) is 4.39 Å². The molecule has 4 atom stereocenters. The van der Waals surface area contributed by atoms with Crippen molar-refractivity contribution in [3.8, 4) is 0 Å². The van der Waals surface area contributed by atoms with Crippen LogP contribution in [0.5, 0.6) is 0 Å². The van der Waals surface area contributed by atoms with E-state index in [0.717, 1.165) is 4.68 Å². The average molecular weight is 349 g/mol. The van der Waals surface area contributed by atoms with E-state index >= 15 is 0 Å². The van der Waals surface area contributed by atoms with Crippen LogP contribution in [0.2, 0.25) is 0 Å². The number of aromatic nitrogens is 4. The number of nitrogens with zero attached hydrogens (tertiary/aromatic N) is 3. The molecule has 2 aromatic rings. The van der Waals surface area contributed by atoms with Crippen molar-refractivity contribution in [3.63, 3.8) is 0 Å². The lowest BCUT2D eigenvalue weighted by atomic mass is 10.1. The summed E-state index contributed by atoms with van der Waals surface area (Å²) < 4.78 is 20.3. The van der Waals surface area contributed by atoms with Crippen molar-refractivity contribution in [3.05, 3.63) is 21.3 Å². The molecule has 108 valence electrons. The van der Waals surface area contributed by atoms with E-state index in [2.05, 4.69) is 31.0 Å². The first-order valence-electron chi connectivity index (χ1n) is 5.74. The second-order valence-corrected chi connectivity index (χ2v) is 5.10. The summed E-state index contributed by atoms with van der Waals surface area (Å²) in [6.07, 6.45) is -4.39. The Morgan fingerprint density at radius 1 is 1.60 bits per heavy atom. The first-order chi connectivity index (χ1) is 9.54. The van der Waals surface area contributed by atoms with Gasteiger partial charge < -0.3 is 19.9 Å². The molecule has 0 saturated carbocycles. The van der Waals surface area contributed by atoms with Crippen LogP contribution in [-0.2, 0) is 4.74 Å². The van der Waals surface area contributed by atoms with Gasteiger partial charge in [-0.15, -0.1) is 0 Å². The van der Waals surface area contributed by atoms with Crippen LogP contribution in [0.25, 0.3) is 11.0 Å². The smallest absolute Gasteiger partial charge is 0.263 e. The highest BCUT2D eigenvalue weighted by atomic mass is 79.9. The number of alkyl halides is 1. The number of hydrogen-bond acceptors (Lipinski definition) is 6. The molecule has 1 aliphatic rings. The molecule has 2 aromatic heterocycles. The van der Waals surface area contributed by atoms with Crippen LogP contribution in [-0.4, -0.2) is 54.9 Å². The highest BCUT2D eigenvalue weighted by Gasteiger charge is 2.46. The van der Waals surface area contributed by atoms with E-state index in [1.165, 1.54) is 6.33 Å². The number of aromatic amines is 1. The number of aliphatic hydroxyl groups excluding tert-OH is 2. The zero-order valence-corrected chi connectivity index (χ0v) is 11.5. The van der Waals surface area contributed by atoms with Gasteiger partial charge >= 0.3 is 0 Å². The lowest BCUT2D eigenvalue weighted by Gasteiger charge is -2.14. The third-order valence-corrected chi connectivity index (χ3v) is 3.72. The highest BCUT2D eigenvalue weighted by molar-refractivity contribution is 9.10. The van der Waals surface area contributed by atoms with E-state index < -0.39 is 36.8 Å². The fourth-order valence-corrected chi connectivity index (χ4v) is 2.71. The van der Waals surface area contributed by atoms with E-state index in [-0.39, 0.29) is 15.6 Å². The Morgan fingerprint density at radius 2 is 2.35 bits per heavy atom. The molecule has 0 aromatic carbocycles. The van der Waals surface area contributed by atoms with Gasteiger partial charge in [-0.1, -0.05) is 0 Å². The molecule has 0 unspecified atom stereocenters. The molecule has 3 heterocycles. The SMILES string of the molecule is O=c1[nH]cnc2c1c(Br)nn2[C@@H]1O[C@H](CO)[C@@H](F)[C@H]1O.